The van der Waals surface area contributed by atoms with Gasteiger partial charge in [-0.15, -0.1) is 0 Å². The van der Waals surface area contributed by atoms with Crippen LogP contribution in [0.15, 0.2) is 22.9 Å². The molecular weight excluding hydrogens is 304 g/mol. The molecule has 1 amide bonds. The summed E-state index contributed by atoms with van der Waals surface area (Å²) >= 11 is 5.73. The van der Waals surface area contributed by atoms with Gasteiger partial charge in [0.05, 0.1) is 5.56 Å². The van der Waals surface area contributed by atoms with Crippen molar-refractivity contribution in [1.29, 1.82) is 0 Å². The van der Waals surface area contributed by atoms with Gasteiger partial charge < -0.3 is 9.84 Å². The molecule has 116 valence electrons. The predicted molar refractivity (Wildman–Crippen MR) is 80.6 cm³/mol. The van der Waals surface area contributed by atoms with E-state index < -0.39 is 0 Å². The maximum absolute atomic E-state index is 12.3. The van der Waals surface area contributed by atoms with Crippen LogP contribution in [0.1, 0.15) is 60.7 Å². The fourth-order valence-electron chi connectivity index (χ4n) is 2.13. The van der Waals surface area contributed by atoms with Gasteiger partial charge >= 0.3 is 0 Å². The summed E-state index contributed by atoms with van der Waals surface area (Å²) in [6, 6.07) is 2.88. The van der Waals surface area contributed by atoms with Crippen LogP contribution in [0.25, 0.3) is 0 Å². The van der Waals surface area contributed by atoms with E-state index >= 15 is 0 Å². The molecule has 1 saturated carbocycles. The molecule has 0 bridgehead atoms. The smallest absolute Gasteiger partial charge is 0.253 e. The van der Waals surface area contributed by atoms with Crippen LogP contribution in [0.3, 0.4) is 0 Å². The number of nitrogens with one attached hydrogen (secondary N) is 1. The Morgan fingerprint density at radius 3 is 2.77 bits per heavy atom. The van der Waals surface area contributed by atoms with E-state index in [1.165, 1.54) is 6.20 Å². The van der Waals surface area contributed by atoms with Crippen LogP contribution < -0.4 is 5.32 Å². The summed E-state index contributed by atoms with van der Waals surface area (Å²) in [7, 11) is 0. The number of carbonyl (C=O) groups is 1. The Balaban J connectivity index is 1.75. The van der Waals surface area contributed by atoms with Crippen molar-refractivity contribution < 1.29 is 9.32 Å². The van der Waals surface area contributed by atoms with E-state index in [1.54, 1.807) is 12.1 Å². The number of pyridine rings is 1. The topological polar surface area (TPSA) is 80.9 Å². The maximum Gasteiger partial charge on any atom is 0.253 e. The van der Waals surface area contributed by atoms with E-state index in [9.17, 15) is 4.79 Å². The number of rotatable bonds is 5. The fraction of sp³-hybridized carbons (Fsp3) is 0.467. The molecule has 0 radical (unpaired) electrons. The number of hydrogen-bond donors (Lipinski definition) is 1. The van der Waals surface area contributed by atoms with Gasteiger partial charge in [0.15, 0.2) is 5.82 Å². The largest absolute Gasteiger partial charge is 0.340 e. The molecule has 0 aliphatic heterocycles. The molecule has 0 spiro atoms. The van der Waals surface area contributed by atoms with Gasteiger partial charge in [0.25, 0.3) is 5.91 Å². The van der Waals surface area contributed by atoms with Gasteiger partial charge in [0.2, 0.25) is 5.89 Å². The second-order valence-electron chi connectivity index (χ2n) is 5.83. The molecule has 1 fully saturated rings. The third-order valence-electron chi connectivity index (χ3n) is 3.61. The molecule has 22 heavy (non-hydrogen) atoms. The van der Waals surface area contributed by atoms with E-state index in [4.69, 9.17) is 16.1 Å². The van der Waals surface area contributed by atoms with Crippen molar-refractivity contribution in [3.63, 3.8) is 0 Å². The minimum atomic E-state index is -0.330. The Labute approximate surface area is 133 Å². The summed E-state index contributed by atoms with van der Waals surface area (Å²) in [5.74, 6) is 1.49. The summed E-state index contributed by atoms with van der Waals surface area (Å²) in [5, 5.41) is 7.28. The first-order valence-corrected chi connectivity index (χ1v) is 7.68. The number of halogens is 1. The molecule has 1 atom stereocenters. The molecule has 2 aromatic rings. The third kappa shape index (κ3) is 3.27. The van der Waals surface area contributed by atoms with E-state index in [-0.39, 0.29) is 17.9 Å². The number of nitrogens with zero attached hydrogens (tertiary/aromatic N) is 3. The zero-order valence-corrected chi connectivity index (χ0v) is 13.2. The van der Waals surface area contributed by atoms with Crippen molar-refractivity contribution in [1.82, 2.24) is 20.4 Å². The van der Waals surface area contributed by atoms with E-state index in [2.05, 4.69) is 20.4 Å². The average Bonchev–Trinajstić information content (AvgIpc) is 3.23. The van der Waals surface area contributed by atoms with Gasteiger partial charge in [-0.2, -0.15) is 4.98 Å². The minimum Gasteiger partial charge on any atom is -0.340 e. The van der Waals surface area contributed by atoms with E-state index in [0.29, 0.717) is 22.5 Å². The lowest BCUT2D eigenvalue weighted by atomic mass is 10.0. The van der Waals surface area contributed by atoms with Crippen molar-refractivity contribution in [3.05, 3.63) is 40.8 Å². The predicted octanol–water partition coefficient (Wildman–Crippen LogP) is 3.12. The molecule has 7 heteroatoms. The Kier molecular flexibility index (Phi) is 4.11. The maximum atomic E-state index is 12.3. The standard InChI is InChI=1S/C15H17ClN4O2/c1-8(2)12(15-19-13(20-22-15)9-3-4-9)18-14(21)10-5-6-11(16)17-7-10/h5-9,12H,3-4H2,1-2H3,(H,18,21). The quantitative estimate of drug-likeness (QED) is 0.856. The highest BCUT2D eigenvalue weighted by Crippen LogP contribution is 2.38. The van der Waals surface area contributed by atoms with Gasteiger partial charge in [0, 0.05) is 12.1 Å². The van der Waals surface area contributed by atoms with Gasteiger partial charge in [-0.25, -0.2) is 4.98 Å². The molecule has 1 aliphatic rings. The van der Waals surface area contributed by atoms with E-state index in [0.717, 1.165) is 18.7 Å². The number of amides is 1. The molecule has 1 N–H and O–H groups in total. The first-order chi connectivity index (χ1) is 10.5. The lowest BCUT2D eigenvalue weighted by Crippen LogP contribution is -2.32. The molecular formula is C15H17ClN4O2. The Morgan fingerprint density at radius 2 is 2.18 bits per heavy atom. The van der Waals surface area contributed by atoms with Crippen LogP contribution in [-0.4, -0.2) is 21.0 Å². The lowest BCUT2D eigenvalue weighted by Gasteiger charge is -2.18. The highest BCUT2D eigenvalue weighted by atomic mass is 35.5. The number of hydrogen-bond acceptors (Lipinski definition) is 5. The van der Waals surface area contributed by atoms with Crippen LogP contribution in [0.2, 0.25) is 5.15 Å². The summed E-state index contributed by atoms with van der Waals surface area (Å²) in [4.78, 5) is 20.7. The van der Waals surface area contributed by atoms with Crippen LogP contribution >= 0.6 is 11.6 Å². The third-order valence-corrected chi connectivity index (χ3v) is 3.83. The molecule has 1 unspecified atom stereocenters. The number of aromatic nitrogens is 3. The fourth-order valence-corrected chi connectivity index (χ4v) is 2.24. The van der Waals surface area contributed by atoms with Gasteiger partial charge in [0.1, 0.15) is 11.2 Å². The minimum absolute atomic E-state index is 0.122. The van der Waals surface area contributed by atoms with Crippen molar-refractivity contribution in [2.45, 2.75) is 38.6 Å². The zero-order chi connectivity index (χ0) is 15.7. The summed E-state index contributed by atoms with van der Waals surface area (Å²) < 4.78 is 5.33. The molecule has 3 rings (SSSR count). The Bertz CT molecular complexity index is 664. The zero-order valence-electron chi connectivity index (χ0n) is 12.4. The van der Waals surface area contributed by atoms with Crippen LogP contribution in [0, 0.1) is 5.92 Å². The van der Waals surface area contributed by atoms with Crippen molar-refractivity contribution in [2.75, 3.05) is 0 Å². The van der Waals surface area contributed by atoms with Crippen molar-refractivity contribution >= 4 is 17.5 Å². The molecule has 0 saturated heterocycles. The Morgan fingerprint density at radius 1 is 1.41 bits per heavy atom. The molecule has 6 nitrogen and oxygen atoms in total. The highest BCUT2D eigenvalue weighted by molar-refractivity contribution is 6.29. The molecule has 2 aromatic heterocycles. The van der Waals surface area contributed by atoms with Gasteiger partial charge in [-0.1, -0.05) is 30.6 Å². The van der Waals surface area contributed by atoms with Crippen LogP contribution in [-0.2, 0) is 0 Å². The second-order valence-corrected chi connectivity index (χ2v) is 6.22. The summed E-state index contributed by atoms with van der Waals surface area (Å²) in [5.41, 5.74) is 0.442. The average molecular weight is 321 g/mol. The number of carbonyl (C=O) groups excluding carboxylic acids is 1. The van der Waals surface area contributed by atoms with Crippen molar-refractivity contribution in [3.8, 4) is 0 Å². The van der Waals surface area contributed by atoms with Crippen LogP contribution in [0.5, 0.6) is 0 Å². The summed E-state index contributed by atoms with van der Waals surface area (Å²) in [6.45, 7) is 3.98. The van der Waals surface area contributed by atoms with Gasteiger partial charge in [-0.05, 0) is 30.9 Å². The highest BCUT2D eigenvalue weighted by Gasteiger charge is 2.31. The normalized spacial score (nSPS) is 15.8. The first-order valence-electron chi connectivity index (χ1n) is 7.30. The second kappa shape index (κ2) is 6.04. The van der Waals surface area contributed by atoms with E-state index in [1.807, 2.05) is 13.8 Å². The monoisotopic (exact) mass is 320 g/mol. The van der Waals surface area contributed by atoms with Gasteiger partial charge in [-0.3, -0.25) is 4.79 Å². The van der Waals surface area contributed by atoms with Crippen molar-refractivity contribution in [2.24, 2.45) is 5.92 Å². The molecule has 1 aliphatic carbocycles. The first kappa shape index (κ1) is 15.0. The molecule has 0 aromatic carbocycles. The SMILES string of the molecule is CC(C)C(NC(=O)c1ccc(Cl)nc1)c1nc(C2CC2)no1. The molecule has 2 heterocycles. The van der Waals surface area contributed by atoms with Crippen LogP contribution in [0.4, 0.5) is 0 Å². The summed E-state index contributed by atoms with van der Waals surface area (Å²) in [6.07, 6.45) is 3.65. The Hall–Kier alpha value is -1.95. The lowest BCUT2D eigenvalue weighted by molar-refractivity contribution is 0.0913.